The highest BCUT2D eigenvalue weighted by Crippen LogP contribution is 2.32. The van der Waals surface area contributed by atoms with Gasteiger partial charge in [0.25, 0.3) is 0 Å². The highest BCUT2D eigenvalue weighted by atomic mass is 35.5. The summed E-state index contributed by atoms with van der Waals surface area (Å²) in [7, 11) is 0. The fourth-order valence-corrected chi connectivity index (χ4v) is 2.75. The van der Waals surface area contributed by atoms with Gasteiger partial charge in [-0.1, -0.05) is 23.7 Å². The summed E-state index contributed by atoms with van der Waals surface area (Å²) >= 11 is 6.12. The van der Waals surface area contributed by atoms with E-state index >= 15 is 0 Å². The van der Waals surface area contributed by atoms with Crippen molar-refractivity contribution in [1.82, 2.24) is 15.1 Å². The summed E-state index contributed by atoms with van der Waals surface area (Å²) in [5.74, 6) is 1.44. The molecule has 0 spiro atoms. The highest BCUT2D eigenvalue weighted by Gasteiger charge is 2.19. The third-order valence-electron chi connectivity index (χ3n) is 3.71. The van der Waals surface area contributed by atoms with Crippen LogP contribution in [-0.4, -0.2) is 22.9 Å². The number of hydrogen-bond donors (Lipinski definition) is 1. The average molecular weight is 292 g/mol. The zero-order valence-electron chi connectivity index (χ0n) is 11.5. The molecule has 1 N–H and O–H groups in total. The number of nitrogens with one attached hydrogen (secondary N) is 1. The van der Waals surface area contributed by atoms with Crippen LogP contribution in [0.2, 0.25) is 5.02 Å². The Morgan fingerprint density at radius 2 is 2.00 bits per heavy atom. The molecule has 0 unspecified atom stereocenters. The Hall–Kier alpha value is -1.52. The van der Waals surface area contributed by atoms with Crippen LogP contribution in [-0.2, 0) is 0 Å². The minimum Gasteiger partial charge on any atom is -0.452 e. The molecule has 2 aromatic rings. The van der Waals surface area contributed by atoms with Crippen LogP contribution in [0.25, 0.3) is 0 Å². The molecular formula is C15H18ClN3O. The molecule has 106 valence electrons. The normalized spacial score (nSPS) is 16.3. The fraction of sp³-hybridized carbons (Fsp3) is 0.400. The zero-order chi connectivity index (χ0) is 13.9. The van der Waals surface area contributed by atoms with Gasteiger partial charge in [-0.3, -0.25) is 4.68 Å². The summed E-state index contributed by atoms with van der Waals surface area (Å²) in [6, 6.07) is 7.95. The van der Waals surface area contributed by atoms with Crippen LogP contribution in [0.3, 0.4) is 0 Å². The van der Waals surface area contributed by atoms with Crippen molar-refractivity contribution < 1.29 is 4.74 Å². The molecule has 0 bridgehead atoms. The predicted octanol–water partition coefficient (Wildman–Crippen LogP) is 3.56. The third kappa shape index (κ3) is 2.67. The first-order valence-corrected chi connectivity index (χ1v) is 7.30. The maximum atomic E-state index is 6.12. The van der Waals surface area contributed by atoms with Crippen LogP contribution in [0.15, 0.2) is 30.5 Å². The molecule has 0 aliphatic carbocycles. The van der Waals surface area contributed by atoms with Gasteiger partial charge in [0.15, 0.2) is 5.75 Å². The fourth-order valence-electron chi connectivity index (χ4n) is 2.57. The summed E-state index contributed by atoms with van der Waals surface area (Å²) in [4.78, 5) is 0. The quantitative estimate of drug-likeness (QED) is 0.940. The summed E-state index contributed by atoms with van der Waals surface area (Å²) in [5.41, 5.74) is 1.05. The average Bonchev–Trinajstić information content (AvgIpc) is 2.84. The lowest BCUT2D eigenvalue weighted by Gasteiger charge is -2.24. The predicted molar refractivity (Wildman–Crippen MR) is 79.6 cm³/mol. The SMILES string of the molecule is Cc1c(Oc2ccccc2Cl)cnn1C1CCNCC1. The molecule has 3 rings (SSSR count). The Labute approximate surface area is 123 Å². The monoisotopic (exact) mass is 291 g/mol. The van der Waals surface area contributed by atoms with Crippen molar-refractivity contribution in [2.45, 2.75) is 25.8 Å². The first-order valence-electron chi connectivity index (χ1n) is 6.93. The van der Waals surface area contributed by atoms with Gasteiger partial charge in [0, 0.05) is 0 Å². The van der Waals surface area contributed by atoms with Gasteiger partial charge < -0.3 is 10.1 Å². The number of hydrogen-bond acceptors (Lipinski definition) is 3. The zero-order valence-corrected chi connectivity index (χ0v) is 12.2. The van der Waals surface area contributed by atoms with Gasteiger partial charge >= 0.3 is 0 Å². The van der Waals surface area contributed by atoms with E-state index in [1.165, 1.54) is 0 Å². The molecule has 1 aromatic heterocycles. The number of aromatic nitrogens is 2. The first-order chi connectivity index (χ1) is 9.75. The molecular weight excluding hydrogens is 274 g/mol. The van der Waals surface area contributed by atoms with Gasteiger partial charge in [0.1, 0.15) is 5.75 Å². The van der Waals surface area contributed by atoms with E-state index in [0.29, 0.717) is 16.8 Å². The third-order valence-corrected chi connectivity index (χ3v) is 4.02. The Kier molecular flexibility index (Phi) is 3.94. The van der Waals surface area contributed by atoms with Crippen LogP contribution in [0.5, 0.6) is 11.5 Å². The molecule has 0 saturated carbocycles. The van der Waals surface area contributed by atoms with Crippen molar-refractivity contribution in [2.24, 2.45) is 0 Å². The molecule has 0 atom stereocenters. The van der Waals surface area contributed by atoms with Crippen LogP contribution in [0.4, 0.5) is 0 Å². The molecule has 1 fully saturated rings. The van der Waals surface area contributed by atoms with Gasteiger partial charge in [0.2, 0.25) is 0 Å². The number of rotatable bonds is 3. The van der Waals surface area contributed by atoms with E-state index < -0.39 is 0 Å². The standard InChI is InChI=1S/C15H18ClN3O/c1-11-15(20-14-5-3-2-4-13(14)16)10-18-19(11)12-6-8-17-9-7-12/h2-5,10,12,17H,6-9H2,1H3. The van der Waals surface area contributed by atoms with Crippen molar-refractivity contribution in [1.29, 1.82) is 0 Å². The minimum atomic E-state index is 0.458. The van der Waals surface area contributed by atoms with Gasteiger partial charge in [0.05, 0.1) is 23.0 Å². The van der Waals surface area contributed by atoms with Crippen molar-refractivity contribution >= 4 is 11.6 Å². The number of para-hydroxylation sites is 1. The molecule has 0 radical (unpaired) electrons. The summed E-state index contributed by atoms with van der Waals surface area (Å²) in [6.45, 7) is 4.14. The van der Waals surface area contributed by atoms with Crippen molar-refractivity contribution in [3.8, 4) is 11.5 Å². The molecule has 4 nitrogen and oxygen atoms in total. The smallest absolute Gasteiger partial charge is 0.168 e. The first kappa shape index (κ1) is 13.5. The van der Waals surface area contributed by atoms with E-state index in [1.807, 2.05) is 31.2 Å². The summed E-state index contributed by atoms with van der Waals surface area (Å²) < 4.78 is 7.96. The lowest BCUT2D eigenvalue weighted by atomic mass is 10.1. The molecule has 1 aliphatic heterocycles. The van der Waals surface area contributed by atoms with Crippen LogP contribution in [0.1, 0.15) is 24.6 Å². The van der Waals surface area contributed by atoms with E-state index in [2.05, 4.69) is 15.1 Å². The Bertz CT molecular complexity index is 591. The maximum Gasteiger partial charge on any atom is 0.168 e. The molecule has 20 heavy (non-hydrogen) atoms. The van der Waals surface area contributed by atoms with E-state index in [0.717, 1.165) is 37.4 Å². The van der Waals surface area contributed by atoms with E-state index in [1.54, 1.807) is 6.20 Å². The van der Waals surface area contributed by atoms with Gasteiger partial charge in [-0.25, -0.2) is 0 Å². The second-order valence-corrected chi connectivity index (χ2v) is 5.46. The van der Waals surface area contributed by atoms with E-state index in [9.17, 15) is 0 Å². The lowest BCUT2D eigenvalue weighted by molar-refractivity contribution is 0.336. The molecule has 0 amide bonds. The topological polar surface area (TPSA) is 39.1 Å². The molecule has 5 heteroatoms. The molecule has 2 heterocycles. The largest absolute Gasteiger partial charge is 0.452 e. The van der Waals surface area contributed by atoms with Crippen molar-refractivity contribution in [3.05, 3.63) is 41.2 Å². The second-order valence-electron chi connectivity index (χ2n) is 5.05. The van der Waals surface area contributed by atoms with Gasteiger partial charge in [-0.05, 0) is 45.0 Å². The molecule has 1 aliphatic rings. The number of nitrogens with zero attached hydrogens (tertiary/aromatic N) is 2. The minimum absolute atomic E-state index is 0.458. The number of ether oxygens (including phenoxy) is 1. The number of halogens is 1. The van der Waals surface area contributed by atoms with Gasteiger partial charge in [-0.2, -0.15) is 5.10 Å². The van der Waals surface area contributed by atoms with Crippen LogP contribution in [0, 0.1) is 6.92 Å². The maximum absolute atomic E-state index is 6.12. The van der Waals surface area contributed by atoms with Crippen molar-refractivity contribution in [2.75, 3.05) is 13.1 Å². The van der Waals surface area contributed by atoms with Crippen LogP contribution < -0.4 is 10.1 Å². The number of piperidine rings is 1. The Morgan fingerprint density at radius 1 is 1.25 bits per heavy atom. The molecule has 1 saturated heterocycles. The Balaban J connectivity index is 1.81. The second kappa shape index (κ2) is 5.85. The summed E-state index contributed by atoms with van der Waals surface area (Å²) in [5, 5.41) is 8.47. The highest BCUT2D eigenvalue weighted by molar-refractivity contribution is 6.32. The van der Waals surface area contributed by atoms with E-state index in [4.69, 9.17) is 16.3 Å². The molecule has 1 aromatic carbocycles. The lowest BCUT2D eigenvalue weighted by Crippen LogP contribution is -2.30. The van der Waals surface area contributed by atoms with Crippen molar-refractivity contribution in [3.63, 3.8) is 0 Å². The van der Waals surface area contributed by atoms with Crippen LogP contribution >= 0.6 is 11.6 Å². The van der Waals surface area contributed by atoms with Gasteiger partial charge in [-0.15, -0.1) is 0 Å². The number of benzene rings is 1. The summed E-state index contributed by atoms with van der Waals surface area (Å²) in [6.07, 6.45) is 3.99. The van der Waals surface area contributed by atoms with E-state index in [-0.39, 0.29) is 0 Å². The Morgan fingerprint density at radius 3 is 2.75 bits per heavy atom.